The van der Waals surface area contributed by atoms with Crippen LogP contribution in [0.1, 0.15) is 30.2 Å². The van der Waals surface area contributed by atoms with Crippen molar-refractivity contribution in [1.82, 2.24) is 0 Å². The largest absolute Gasteiger partial charge is 0.619 e. The average molecular weight is 351 g/mol. The van der Waals surface area contributed by atoms with E-state index in [1.54, 1.807) is 18.2 Å². The molecule has 0 saturated heterocycles. The minimum absolute atomic E-state index is 0.0646. The molecule has 1 aliphatic carbocycles. The van der Waals surface area contributed by atoms with Gasteiger partial charge in [0.05, 0.1) is 19.1 Å². The topological polar surface area (TPSA) is 65.6 Å². The van der Waals surface area contributed by atoms with E-state index in [9.17, 15) is 19.1 Å². The Labute approximate surface area is 144 Å². The molecule has 1 atom stereocenters. The second kappa shape index (κ2) is 7.65. The van der Waals surface area contributed by atoms with Crippen LogP contribution in [-0.4, -0.2) is 18.3 Å². The molecule has 1 aliphatic rings. The van der Waals surface area contributed by atoms with E-state index in [-0.39, 0.29) is 17.9 Å². The highest BCUT2D eigenvalue weighted by Crippen LogP contribution is 2.35. The van der Waals surface area contributed by atoms with Crippen molar-refractivity contribution in [1.29, 1.82) is 0 Å². The average Bonchev–Trinajstić information content (AvgIpc) is 3.40. The summed E-state index contributed by atoms with van der Waals surface area (Å²) in [5, 5.41) is 22.1. The van der Waals surface area contributed by atoms with Gasteiger partial charge in [-0.1, -0.05) is 12.1 Å². The third-order valence-corrected chi connectivity index (χ3v) is 4.05. The van der Waals surface area contributed by atoms with E-state index in [0.29, 0.717) is 28.5 Å². The van der Waals surface area contributed by atoms with Gasteiger partial charge in [-0.15, -0.1) is 0 Å². The molecular formula is C18H19F2NO4. The first kappa shape index (κ1) is 17.4. The zero-order valence-electron chi connectivity index (χ0n) is 13.5. The Bertz CT molecular complexity index is 722. The zero-order chi connectivity index (χ0) is 17.8. The number of alkyl halides is 2. The maximum absolute atomic E-state index is 12.5. The van der Waals surface area contributed by atoms with Crippen molar-refractivity contribution in [2.45, 2.75) is 32.0 Å². The second-order valence-corrected chi connectivity index (χ2v) is 6.08. The summed E-state index contributed by atoms with van der Waals surface area (Å²) in [5.74, 6) is 0.550. The van der Waals surface area contributed by atoms with Crippen molar-refractivity contribution >= 4 is 0 Å². The lowest BCUT2D eigenvalue weighted by Crippen LogP contribution is -2.31. The highest BCUT2D eigenvalue weighted by Gasteiger charge is 2.24. The Morgan fingerprint density at radius 1 is 1.20 bits per heavy atom. The molecule has 1 N–H and O–H groups in total. The summed E-state index contributed by atoms with van der Waals surface area (Å²) in [5.41, 5.74) is 0.875. The van der Waals surface area contributed by atoms with Crippen LogP contribution in [0.2, 0.25) is 0 Å². The summed E-state index contributed by atoms with van der Waals surface area (Å²) in [4.78, 5) is 0. The molecule has 7 heteroatoms. The quantitative estimate of drug-likeness (QED) is 0.587. The van der Waals surface area contributed by atoms with Gasteiger partial charge in [-0.25, -0.2) is 0 Å². The molecule has 134 valence electrons. The molecule has 1 aromatic carbocycles. The summed E-state index contributed by atoms with van der Waals surface area (Å²) >= 11 is 0. The predicted octanol–water partition coefficient (Wildman–Crippen LogP) is 2.99. The Hall–Kier alpha value is -2.41. The van der Waals surface area contributed by atoms with Crippen LogP contribution in [0.5, 0.6) is 11.5 Å². The molecule has 1 saturated carbocycles. The molecular weight excluding hydrogens is 332 g/mol. The maximum atomic E-state index is 12.5. The van der Waals surface area contributed by atoms with Crippen LogP contribution in [0.4, 0.5) is 8.78 Å². The van der Waals surface area contributed by atoms with Crippen molar-refractivity contribution < 1.29 is 28.1 Å². The number of nitrogens with zero attached hydrogens (tertiary/aromatic N) is 1. The number of aliphatic hydroxyl groups is 1. The number of hydrogen-bond acceptors (Lipinski definition) is 4. The monoisotopic (exact) mass is 351 g/mol. The lowest BCUT2D eigenvalue weighted by atomic mass is 10.0. The smallest absolute Gasteiger partial charge is 0.387 e. The van der Waals surface area contributed by atoms with Crippen LogP contribution < -0.4 is 14.2 Å². The molecule has 0 radical (unpaired) electrons. The molecule has 0 spiro atoms. The first-order valence-corrected chi connectivity index (χ1v) is 8.09. The van der Waals surface area contributed by atoms with Crippen molar-refractivity contribution in [2.75, 3.05) is 6.61 Å². The third kappa shape index (κ3) is 4.79. The van der Waals surface area contributed by atoms with E-state index in [4.69, 9.17) is 4.74 Å². The van der Waals surface area contributed by atoms with Gasteiger partial charge < -0.3 is 19.8 Å². The number of aromatic nitrogens is 1. The molecule has 5 nitrogen and oxygen atoms in total. The molecule has 0 aliphatic heterocycles. The second-order valence-electron chi connectivity index (χ2n) is 6.08. The molecule has 1 aromatic heterocycles. The van der Waals surface area contributed by atoms with E-state index < -0.39 is 12.7 Å². The Morgan fingerprint density at radius 2 is 2.00 bits per heavy atom. The van der Waals surface area contributed by atoms with Gasteiger partial charge >= 0.3 is 6.61 Å². The highest BCUT2D eigenvalue weighted by atomic mass is 19.3. The van der Waals surface area contributed by atoms with E-state index in [1.807, 2.05) is 0 Å². The number of ether oxygens (including phenoxy) is 2. The molecule has 0 bridgehead atoms. The van der Waals surface area contributed by atoms with Crippen molar-refractivity contribution in [2.24, 2.45) is 5.92 Å². The van der Waals surface area contributed by atoms with Crippen LogP contribution in [-0.2, 0) is 6.42 Å². The van der Waals surface area contributed by atoms with Gasteiger partial charge in [0.2, 0.25) is 0 Å². The molecule has 1 unspecified atom stereocenters. The SMILES string of the molecule is [O-][n+]1ccccc1CC(O)c1ccc(OC(F)F)c(OCC2CC2)c1. The van der Waals surface area contributed by atoms with Crippen molar-refractivity contribution in [3.8, 4) is 11.5 Å². The van der Waals surface area contributed by atoms with Gasteiger partial charge in [0.15, 0.2) is 23.4 Å². The van der Waals surface area contributed by atoms with Gasteiger partial charge in [-0.2, -0.15) is 13.5 Å². The van der Waals surface area contributed by atoms with Crippen LogP contribution >= 0.6 is 0 Å². The molecule has 25 heavy (non-hydrogen) atoms. The highest BCUT2D eigenvalue weighted by molar-refractivity contribution is 5.44. The Morgan fingerprint density at radius 3 is 2.68 bits per heavy atom. The first-order chi connectivity index (χ1) is 12.0. The van der Waals surface area contributed by atoms with Gasteiger partial charge in [-0.3, -0.25) is 0 Å². The first-order valence-electron chi connectivity index (χ1n) is 8.09. The molecule has 1 heterocycles. The molecule has 0 amide bonds. The third-order valence-electron chi connectivity index (χ3n) is 4.05. The van der Waals surface area contributed by atoms with Gasteiger partial charge in [0.25, 0.3) is 0 Å². The van der Waals surface area contributed by atoms with E-state index in [1.165, 1.54) is 24.4 Å². The lowest BCUT2D eigenvalue weighted by molar-refractivity contribution is -0.614. The lowest BCUT2D eigenvalue weighted by Gasteiger charge is -2.16. The van der Waals surface area contributed by atoms with E-state index >= 15 is 0 Å². The number of hydrogen-bond donors (Lipinski definition) is 1. The number of rotatable bonds is 8. The Kier molecular flexibility index (Phi) is 5.33. The summed E-state index contributed by atoms with van der Waals surface area (Å²) in [7, 11) is 0. The van der Waals surface area contributed by atoms with Crippen LogP contribution in [0.25, 0.3) is 0 Å². The molecule has 3 rings (SSSR count). The van der Waals surface area contributed by atoms with Crippen LogP contribution in [0.15, 0.2) is 42.6 Å². The minimum Gasteiger partial charge on any atom is -0.619 e. The molecule has 1 fully saturated rings. The standard InChI is InChI=1S/C18H19F2NO4/c19-18(20)25-16-7-6-13(9-17(16)24-11-12-4-5-12)15(22)10-14-3-1-2-8-21(14)23/h1-3,6-9,12,15,18,22H,4-5,10-11H2. The van der Waals surface area contributed by atoms with Gasteiger partial charge in [0, 0.05) is 12.1 Å². The molecule has 2 aromatic rings. The Balaban J connectivity index is 1.77. The van der Waals surface area contributed by atoms with E-state index in [0.717, 1.165) is 12.8 Å². The van der Waals surface area contributed by atoms with Crippen molar-refractivity contribution in [3.63, 3.8) is 0 Å². The number of aliphatic hydroxyl groups excluding tert-OH is 1. The fraction of sp³-hybridized carbons (Fsp3) is 0.389. The number of halogens is 2. The van der Waals surface area contributed by atoms with Crippen LogP contribution in [0, 0.1) is 11.1 Å². The van der Waals surface area contributed by atoms with Crippen molar-refractivity contribution in [3.05, 3.63) is 59.1 Å². The minimum atomic E-state index is -2.96. The fourth-order valence-electron chi connectivity index (χ4n) is 2.47. The predicted molar refractivity (Wildman–Crippen MR) is 85.4 cm³/mol. The fourth-order valence-corrected chi connectivity index (χ4v) is 2.47. The van der Waals surface area contributed by atoms with Gasteiger partial charge in [0.1, 0.15) is 0 Å². The summed E-state index contributed by atoms with van der Waals surface area (Å²) in [6, 6.07) is 9.26. The van der Waals surface area contributed by atoms with E-state index in [2.05, 4.69) is 4.74 Å². The van der Waals surface area contributed by atoms with Crippen LogP contribution in [0.3, 0.4) is 0 Å². The van der Waals surface area contributed by atoms with Gasteiger partial charge in [-0.05, 0) is 36.5 Å². The summed E-state index contributed by atoms with van der Waals surface area (Å²) < 4.78 is 35.8. The maximum Gasteiger partial charge on any atom is 0.387 e. The summed E-state index contributed by atoms with van der Waals surface area (Å²) in [6.07, 6.45) is 2.61. The number of pyridine rings is 1. The number of benzene rings is 1. The normalized spacial score (nSPS) is 15.2. The zero-order valence-corrected chi connectivity index (χ0v) is 13.5. The summed E-state index contributed by atoms with van der Waals surface area (Å²) in [6.45, 7) is -2.53.